The van der Waals surface area contributed by atoms with Crippen LogP contribution in [0.2, 0.25) is 0 Å². The van der Waals surface area contributed by atoms with E-state index in [4.69, 9.17) is 0 Å². The van der Waals surface area contributed by atoms with Gasteiger partial charge in [0.25, 0.3) is 0 Å². The predicted molar refractivity (Wildman–Crippen MR) is 83.0 cm³/mol. The van der Waals surface area contributed by atoms with E-state index in [-0.39, 0.29) is 0 Å². The van der Waals surface area contributed by atoms with E-state index < -0.39 is 23.2 Å². The first kappa shape index (κ1) is 14.8. The quantitative estimate of drug-likeness (QED) is 0.525. The fourth-order valence-corrected chi connectivity index (χ4v) is 9.88. The first-order chi connectivity index (χ1) is 9.14. The Kier molecular flexibility index (Phi) is 3.09. The minimum atomic E-state index is -0.625. The molecule has 1 heterocycles. The van der Waals surface area contributed by atoms with Gasteiger partial charge in [-0.15, -0.1) is 0 Å². The van der Waals surface area contributed by atoms with Gasteiger partial charge >= 0.3 is 136 Å². The topological polar surface area (TPSA) is 0 Å². The van der Waals surface area contributed by atoms with Crippen LogP contribution in [0.15, 0.2) is 40.0 Å². The second-order valence-electron chi connectivity index (χ2n) is 7.47. The zero-order valence-electron chi connectivity index (χ0n) is 14.2. The van der Waals surface area contributed by atoms with Crippen molar-refractivity contribution in [3.05, 3.63) is 40.0 Å². The van der Waals surface area contributed by atoms with Crippen molar-refractivity contribution in [1.29, 1.82) is 0 Å². The van der Waals surface area contributed by atoms with Gasteiger partial charge in [-0.25, -0.2) is 0 Å². The van der Waals surface area contributed by atoms with Crippen LogP contribution in [-0.4, -0.2) is 0 Å². The molecule has 0 N–H and O–H groups in total. The number of fused-ring (bicyclic) bond motifs is 2. The molecule has 0 saturated carbocycles. The van der Waals surface area contributed by atoms with Gasteiger partial charge in [0.1, 0.15) is 0 Å². The van der Waals surface area contributed by atoms with Gasteiger partial charge in [-0.05, 0) is 0 Å². The van der Waals surface area contributed by atoms with Crippen molar-refractivity contribution in [3.8, 4) is 0 Å². The van der Waals surface area contributed by atoms with Crippen LogP contribution in [0.1, 0.15) is 61.8 Å². The third-order valence-corrected chi connectivity index (χ3v) is 12.5. The van der Waals surface area contributed by atoms with Crippen LogP contribution in [0.5, 0.6) is 0 Å². The second kappa shape index (κ2) is 4.19. The fourth-order valence-electron chi connectivity index (χ4n) is 4.71. The van der Waals surface area contributed by atoms with Gasteiger partial charge in [-0.1, -0.05) is 0 Å². The van der Waals surface area contributed by atoms with Crippen molar-refractivity contribution < 1.29 is 23.2 Å². The third kappa shape index (κ3) is 1.51. The molecule has 0 aromatic rings. The van der Waals surface area contributed by atoms with Gasteiger partial charge in [0.05, 0.1) is 0 Å². The minimum absolute atomic E-state index is 0.366. The van der Waals surface area contributed by atoms with Crippen molar-refractivity contribution in [2.75, 3.05) is 0 Å². The van der Waals surface area contributed by atoms with E-state index in [9.17, 15) is 0 Å². The SMILES string of the molecule is CC1=C(C)C2(C)CC3(C)C(C)=C(C)C(C)=[C]3[Zr][C]2=C1C. The van der Waals surface area contributed by atoms with E-state index in [0.29, 0.717) is 10.8 Å². The van der Waals surface area contributed by atoms with Gasteiger partial charge in [0.2, 0.25) is 0 Å². The predicted octanol–water partition coefficient (Wildman–Crippen LogP) is 5.73. The maximum atomic E-state index is 2.52. The Labute approximate surface area is 135 Å². The van der Waals surface area contributed by atoms with Crippen LogP contribution >= 0.6 is 0 Å². The molecule has 3 aliphatic rings. The summed E-state index contributed by atoms with van der Waals surface area (Å²) in [5.74, 6) is 0. The first-order valence-electron chi connectivity index (χ1n) is 7.71. The summed E-state index contributed by atoms with van der Waals surface area (Å²) in [5.41, 5.74) is 10.5. The Bertz CT molecular complexity index is 597. The standard InChI is InChI=1S/C19H26.Zr/c1-12-9-18(7,16(5)14(12)3)11-19(8)10-13(2)15(4)17(19)6;/h11H2,1-8H3;. The molecule has 3 rings (SSSR count). The summed E-state index contributed by atoms with van der Waals surface area (Å²) in [4.78, 5) is 0. The molecular weight excluding hydrogens is 319 g/mol. The average molecular weight is 346 g/mol. The molecule has 0 radical (unpaired) electrons. The molecular formula is C19H26Zr. The van der Waals surface area contributed by atoms with E-state index in [1.54, 1.807) is 33.4 Å². The van der Waals surface area contributed by atoms with Gasteiger partial charge in [-0.2, -0.15) is 0 Å². The van der Waals surface area contributed by atoms with Crippen LogP contribution in [0, 0.1) is 10.8 Å². The van der Waals surface area contributed by atoms with Gasteiger partial charge in [-0.3, -0.25) is 0 Å². The van der Waals surface area contributed by atoms with E-state index >= 15 is 0 Å². The monoisotopic (exact) mass is 344 g/mol. The van der Waals surface area contributed by atoms with E-state index in [2.05, 4.69) is 55.4 Å². The number of rotatable bonds is 0. The number of hydrogen-bond donors (Lipinski definition) is 0. The second-order valence-corrected chi connectivity index (χ2v) is 10.5. The zero-order chi connectivity index (χ0) is 15.0. The molecule has 0 aromatic heterocycles. The van der Waals surface area contributed by atoms with Gasteiger partial charge in [0, 0.05) is 0 Å². The first-order valence-corrected chi connectivity index (χ1v) is 10.2. The molecule has 106 valence electrons. The molecule has 1 aliphatic heterocycles. The van der Waals surface area contributed by atoms with Gasteiger partial charge in [0.15, 0.2) is 0 Å². The summed E-state index contributed by atoms with van der Waals surface area (Å²) >= 11 is -0.625. The number of allylic oxidation sites excluding steroid dienone is 8. The molecule has 2 aliphatic carbocycles. The molecule has 1 saturated heterocycles. The molecule has 1 fully saturated rings. The van der Waals surface area contributed by atoms with Crippen molar-refractivity contribution in [3.63, 3.8) is 0 Å². The Morgan fingerprint density at radius 1 is 0.650 bits per heavy atom. The molecule has 0 aromatic carbocycles. The molecule has 20 heavy (non-hydrogen) atoms. The Hall–Kier alpha value is -0.157. The van der Waals surface area contributed by atoms with Crippen molar-refractivity contribution >= 4 is 0 Å². The van der Waals surface area contributed by atoms with Crippen molar-refractivity contribution in [2.24, 2.45) is 10.8 Å². The van der Waals surface area contributed by atoms with Crippen LogP contribution in [0.4, 0.5) is 0 Å². The van der Waals surface area contributed by atoms with Crippen molar-refractivity contribution in [1.82, 2.24) is 0 Å². The molecule has 0 bridgehead atoms. The molecule has 1 heteroatoms. The summed E-state index contributed by atoms with van der Waals surface area (Å²) in [6.45, 7) is 19.3. The maximum absolute atomic E-state index is 2.52. The molecule has 2 unspecified atom stereocenters. The van der Waals surface area contributed by atoms with Crippen LogP contribution in [-0.2, 0) is 23.2 Å². The third-order valence-electron chi connectivity index (χ3n) is 6.72. The van der Waals surface area contributed by atoms with Crippen LogP contribution < -0.4 is 0 Å². The van der Waals surface area contributed by atoms with E-state index in [1.807, 2.05) is 6.56 Å². The summed E-state index contributed by atoms with van der Waals surface area (Å²) in [5, 5.41) is 0. The molecule has 2 atom stereocenters. The Morgan fingerprint density at radius 2 is 1.00 bits per heavy atom. The zero-order valence-corrected chi connectivity index (χ0v) is 16.7. The summed E-state index contributed by atoms with van der Waals surface area (Å²) < 4.78 is 3.73. The van der Waals surface area contributed by atoms with E-state index in [0.717, 1.165) is 0 Å². The summed E-state index contributed by atoms with van der Waals surface area (Å²) in [7, 11) is 0. The van der Waals surface area contributed by atoms with E-state index in [1.165, 1.54) is 6.42 Å². The van der Waals surface area contributed by atoms with Crippen LogP contribution in [0.25, 0.3) is 0 Å². The molecule has 0 nitrogen and oxygen atoms in total. The molecule has 0 spiro atoms. The Balaban J connectivity index is 2.22. The van der Waals surface area contributed by atoms with Crippen molar-refractivity contribution in [2.45, 2.75) is 61.8 Å². The molecule has 0 amide bonds. The normalized spacial score (nSPS) is 36.8. The van der Waals surface area contributed by atoms with Crippen LogP contribution in [0.3, 0.4) is 0 Å². The average Bonchev–Trinajstić information content (AvgIpc) is 2.66. The summed E-state index contributed by atoms with van der Waals surface area (Å²) in [6.07, 6.45) is 1.30. The summed E-state index contributed by atoms with van der Waals surface area (Å²) in [6, 6.07) is 0. The fraction of sp³-hybridized carbons (Fsp3) is 0.579. The van der Waals surface area contributed by atoms with Gasteiger partial charge < -0.3 is 0 Å². The Morgan fingerprint density at radius 3 is 1.35 bits per heavy atom. The number of hydrogen-bond acceptors (Lipinski definition) is 0.